The maximum absolute atomic E-state index is 13.9. The van der Waals surface area contributed by atoms with Gasteiger partial charge in [0.2, 0.25) is 0 Å². The third-order valence-electron chi connectivity index (χ3n) is 4.27. The minimum Gasteiger partial charge on any atom is -0.494 e. The van der Waals surface area contributed by atoms with Gasteiger partial charge in [-0.2, -0.15) is 0 Å². The number of ether oxygens (including phenoxy) is 1. The first-order chi connectivity index (χ1) is 11.8. The van der Waals surface area contributed by atoms with E-state index in [-0.39, 0.29) is 16.9 Å². The summed E-state index contributed by atoms with van der Waals surface area (Å²) < 4.78 is 20.3. The Morgan fingerprint density at radius 3 is 2.56 bits per heavy atom. The van der Waals surface area contributed by atoms with Gasteiger partial charge in [0, 0.05) is 12.2 Å². The molecule has 0 saturated heterocycles. The third-order valence-corrected chi connectivity index (χ3v) is 4.27. The summed E-state index contributed by atoms with van der Waals surface area (Å²) in [7, 11) is 1.39. The third kappa shape index (κ3) is 3.73. The monoisotopic (exact) mass is 346 g/mol. The minimum atomic E-state index is -0.499. The van der Waals surface area contributed by atoms with Crippen LogP contribution in [0.25, 0.3) is 0 Å². The molecule has 0 radical (unpaired) electrons. The fourth-order valence-corrected chi connectivity index (χ4v) is 2.90. The van der Waals surface area contributed by atoms with Gasteiger partial charge in [0.15, 0.2) is 11.6 Å². The summed E-state index contributed by atoms with van der Waals surface area (Å²) in [5.41, 5.74) is 1.83. The number of carbonyl (C=O) groups excluding carboxylic acids is 1. The summed E-state index contributed by atoms with van der Waals surface area (Å²) in [4.78, 5) is 25.2. The SMILES string of the molecule is CCn1c(C)cc(C)c(C(=O)NC(C)c2ccc(OC)c(F)c2)c1=O. The highest BCUT2D eigenvalue weighted by Crippen LogP contribution is 2.22. The quantitative estimate of drug-likeness (QED) is 0.905. The lowest BCUT2D eigenvalue weighted by molar-refractivity contribution is 0.0937. The molecule has 1 N–H and O–H groups in total. The summed E-state index contributed by atoms with van der Waals surface area (Å²) in [5, 5.41) is 2.77. The van der Waals surface area contributed by atoms with E-state index in [2.05, 4.69) is 5.32 Å². The van der Waals surface area contributed by atoms with Crippen LogP contribution in [0.3, 0.4) is 0 Å². The van der Waals surface area contributed by atoms with Crippen LogP contribution in [0.5, 0.6) is 5.75 Å². The number of benzene rings is 1. The van der Waals surface area contributed by atoms with E-state index in [9.17, 15) is 14.0 Å². The van der Waals surface area contributed by atoms with Crippen LogP contribution in [-0.2, 0) is 6.54 Å². The molecule has 0 spiro atoms. The zero-order valence-electron chi connectivity index (χ0n) is 15.1. The van der Waals surface area contributed by atoms with Crippen LogP contribution in [-0.4, -0.2) is 17.6 Å². The maximum Gasteiger partial charge on any atom is 0.263 e. The van der Waals surface area contributed by atoms with Gasteiger partial charge < -0.3 is 14.6 Å². The summed E-state index contributed by atoms with van der Waals surface area (Å²) in [6, 6.07) is 5.87. The second-order valence-electron chi connectivity index (χ2n) is 5.98. The highest BCUT2D eigenvalue weighted by atomic mass is 19.1. The molecule has 0 aliphatic carbocycles. The van der Waals surface area contributed by atoms with Crippen molar-refractivity contribution in [1.29, 1.82) is 0 Å². The Hall–Kier alpha value is -2.63. The first-order valence-corrected chi connectivity index (χ1v) is 8.15. The Morgan fingerprint density at radius 1 is 1.32 bits per heavy atom. The van der Waals surface area contributed by atoms with Crippen molar-refractivity contribution in [2.24, 2.45) is 0 Å². The average molecular weight is 346 g/mol. The molecule has 1 unspecified atom stereocenters. The van der Waals surface area contributed by atoms with E-state index in [4.69, 9.17) is 4.74 Å². The lowest BCUT2D eigenvalue weighted by atomic mass is 10.1. The fourth-order valence-electron chi connectivity index (χ4n) is 2.90. The zero-order valence-corrected chi connectivity index (χ0v) is 15.1. The molecule has 134 valence electrons. The smallest absolute Gasteiger partial charge is 0.263 e. The van der Waals surface area contributed by atoms with E-state index in [0.29, 0.717) is 17.7 Å². The average Bonchev–Trinajstić information content (AvgIpc) is 2.54. The van der Waals surface area contributed by atoms with E-state index in [1.807, 2.05) is 19.9 Å². The van der Waals surface area contributed by atoms with Crippen molar-refractivity contribution in [3.05, 3.63) is 62.8 Å². The molecular weight excluding hydrogens is 323 g/mol. The number of halogens is 1. The van der Waals surface area contributed by atoms with Gasteiger partial charge in [0.1, 0.15) is 5.56 Å². The number of nitrogens with one attached hydrogen (secondary N) is 1. The molecule has 0 aliphatic heterocycles. The second kappa shape index (κ2) is 7.51. The molecule has 5 nitrogen and oxygen atoms in total. The van der Waals surface area contributed by atoms with Crippen LogP contribution >= 0.6 is 0 Å². The van der Waals surface area contributed by atoms with Gasteiger partial charge in [-0.3, -0.25) is 9.59 Å². The number of methoxy groups -OCH3 is 1. The molecule has 1 aromatic heterocycles. The number of rotatable bonds is 5. The standard InChI is InChI=1S/C19H23FN2O3/c1-6-22-12(3)9-11(2)17(19(22)24)18(23)21-13(4)14-7-8-16(25-5)15(20)10-14/h7-10,13H,6H2,1-5H3,(H,21,23). The maximum atomic E-state index is 13.9. The zero-order chi connectivity index (χ0) is 18.7. The van der Waals surface area contributed by atoms with E-state index >= 15 is 0 Å². The second-order valence-corrected chi connectivity index (χ2v) is 5.98. The Kier molecular flexibility index (Phi) is 5.62. The number of aryl methyl sites for hydroxylation is 2. The minimum absolute atomic E-state index is 0.119. The van der Waals surface area contributed by atoms with Crippen molar-refractivity contribution in [2.75, 3.05) is 7.11 Å². The molecule has 0 fully saturated rings. The number of hydrogen-bond acceptors (Lipinski definition) is 3. The normalized spacial score (nSPS) is 11.9. The molecule has 1 amide bonds. The van der Waals surface area contributed by atoms with Gasteiger partial charge in [-0.05, 0) is 57.0 Å². The molecule has 0 bridgehead atoms. The molecule has 2 rings (SSSR count). The number of pyridine rings is 1. The van der Waals surface area contributed by atoms with Crippen LogP contribution < -0.4 is 15.6 Å². The number of carbonyl (C=O) groups is 1. The molecule has 6 heteroatoms. The number of hydrogen-bond donors (Lipinski definition) is 1. The van der Waals surface area contributed by atoms with Gasteiger partial charge in [-0.25, -0.2) is 4.39 Å². The van der Waals surface area contributed by atoms with Crippen molar-refractivity contribution in [2.45, 2.75) is 40.3 Å². The van der Waals surface area contributed by atoms with E-state index in [0.717, 1.165) is 5.69 Å². The topological polar surface area (TPSA) is 60.3 Å². The number of aromatic nitrogens is 1. The highest BCUT2D eigenvalue weighted by Gasteiger charge is 2.19. The lowest BCUT2D eigenvalue weighted by Crippen LogP contribution is -2.36. The summed E-state index contributed by atoms with van der Waals surface area (Å²) >= 11 is 0. The van der Waals surface area contributed by atoms with Crippen LogP contribution in [0.15, 0.2) is 29.1 Å². The first kappa shape index (κ1) is 18.7. The van der Waals surface area contributed by atoms with Crippen molar-refractivity contribution in [3.63, 3.8) is 0 Å². The van der Waals surface area contributed by atoms with E-state index in [1.54, 1.807) is 24.5 Å². The van der Waals surface area contributed by atoms with Crippen molar-refractivity contribution in [3.8, 4) is 5.75 Å². The fraction of sp³-hybridized carbons (Fsp3) is 0.368. The van der Waals surface area contributed by atoms with Crippen LogP contribution in [0, 0.1) is 19.7 Å². The summed E-state index contributed by atoms with van der Waals surface area (Å²) in [6.07, 6.45) is 0. The van der Waals surface area contributed by atoms with Gasteiger partial charge in [-0.15, -0.1) is 0 Å². The van der Waals surface area contributed by atoms with Crippen molar-refractivity contribution < 1.29 is 13.9 Å². The Morgan fingerprint density at radius 2 is 2.00 bits per heavy atom. The first-order valence-electron chi connectivity index (χ1n) is 8.15. The molecule has 25 heavy (non-hydrogen) atoms. The van der Waals surface area contributed by atoms with Gasteiger partial charge in [0.25, 0.3) is 11.5 Å². The van der Waals surface area contributed by atoms with Gasteiger partial charge in [-0.1, -0.05) is 6.07 Å². The van der Waals surface area contributed by atoms with E-state index < -0.39 is 17.8 Å². The number of amides is 1. The van der Waals surface area contributed by atoms with Gasteiger partial charge in [0.05, 0.1) is 13.2 Å². The number of nitrogens with zero attached hydrogens (tertiary/aromatic N) is 1. The van der Waals surface area contributed by atoms with Crippen LogP contribution in [0.2, 0.25) is 0 Å². The molecule has 1 atom stereocenters. The van der Waals surface area contributed by atoms with Crippen molar-refractivity contribution in [1.82, 2.24) is 9.88 Å². The Bertz CT molecular complexity index is 858. The molecule has 0 saturated carbocycles. The molecule has 2 aromatic rings. The Balaban J connectivity index is 2.31. The summed E-state index contributed by atoms with van der Waals surface area (Å²) in [5.74, 6) is -0.822. The van der Waals surface area contributed by atoms with Gasteiger partial charge >= 0.3 is 0 Å². The molecule has 0 aliphatic rings. The molecule has 1 aromatic carbocycles. The predicted octanol–water partition coefficient (Wildman–Crippen LogP) is 3.12. The highest BCUT2D eigenvalue weighted by molar-refractivity contribution is 5.95. The van der Waals surface area contributed by atoms with E-state index in [1.165, 1.54) is 19.2 Å². The van der Waals surface area contributed by atoms with Crippen LogP contribution in [0.1, 0.15) is 47.1 Å². The molecule has 1 heterocycles. The van der Waals surface area contributed by atoms with Crippen LogP contribution in [0.4, 0.5) is 4.39 Å². The summed E-state index contributed by atoms with van der Waals surface area (Å²) in [6.45, 7) is 7.66. The van der Waals surface area contributed by atoms with Crippen molar-refractivity contribution >= 4 is 5.91 Å². The molecular formula is C19H23FN2O3. The predicted molar refractivity (Wildman–Crippen MR) is 94.7 cm³/mol. The Labute approximate surface area is 146 Å². The lowest BCUT2D eigenvalue weighted by Gasteiger charge is -2.17. The largest absolute Gasteiger partial charge is 0.494 e.